The van der Waals surface area contributed by atoms with Crippen molar-refractivity contribution in [3.8, 4) is 0 Å². The van der Waals surface area contributed by atoms with Gasteiger partial charge in [0.25, 0.3) is 5.79 Å². The minimum absolute atomic E-state index is 0.250. The second-order valence-corrected chi connectivity index (χ2v) is 6.56. The largest absolute Gasteiger partial charge is 0.467 e. The van der Waals surface area contributed by atoms with E-state index in [4.69, 9.17) is 9.47 Å². The van der Waals surface area contributed by atoms with Crippen molar-refractivity contribution in [2.45, 2.75) is 39.0 Å². The highest BCUT2D eigenvalue weighted by molar-refractivity contribution is 6.15. The Kier molecular flexibility index (Phi) is 6.40. The molecule has 0 aliphatic carbocycles. The van der Waals surface area contributed by atoms with Gasteiger partial charge in [0.1, 0.15) is 6.04 Å². The molecule has 1 amide bonds. The van der Waals surface area contributed by atoms with Crippen LogP contribution in [0.1, 0.15) is 26.3 Å². The summed E-state index contributed by atoms with van der Waals surface area (Å²) in [5.74, 6) is -3.73. The van der Waals surface area contributed by atoms with Gasteiger partial charge in [-0.1, -0.05) is 12.1 Å². The summed E-state index contributed by atoms with van der Waals surface area (Å²) in [7, 11) is 1.25. The Bertz CT molecular complexity index is 790. The van der Waals surface area contributed by atoms with Crippen molar-refractivity contribution in [2.24, 2.45) is 0 Å². The molecule has 0 saturated carbocycles. The van der Waals surface area contributed by atoms with Crippen LogP contribution >= 0.6 is 0 Å². The predicted octanol–water partition coefficient (Wildman–Crippen LogP) is 1.04. The number of methoxy groups -OCH3 is 1. The van der Waals surface area contributed by atoms with Gasteiger partial charge in [0.05, 0.1) is 7.11 Å². The van der Waals surface area contributed by atoms with E-state index < -0.39 is 29.7 Å². The number of nitrogens with one attached hydrogen (secondary N) is 2. The lowest BCUT2D eigenvalue weighted by molar-refractivity contribution is -0.222. The molecule has 0 radical (unpaired) electrons. The molecule has 0 aromatic heterocycles. The molecule has 1 fully saturated rings. The Labute approximate surface area is 162 Å². The summed E-state index contributed by atoms with van der Waals surface area (Å²) in [6.45, 7) is 4.25. The summed E-state index contributed by atoms with van der Waals surface area (Å²) in [6.07, 6.45) is 1.46. The number of hydrogen-bond acceptors (Lipinski definition) is 8. The monoisotopic (exact) mass is 390 g/mol. The minimum Gasteiger partial charge on any atom is -0.467 e. The first-order valence-electron chi connectivity index (χ1n) is 8.48. The Balaban J connectivity index is 2.04. The zero-order valence-electron chi connectivity index (χ0n) is 16.0. The molecule has 9 nitrogen and oxygen atoms in total. The molecule has 1 atom stereocenters. The number of rotatable bonds is 6. The van der Waals surface area contributed by atoms with Crippen LogP contribution in [0.5, 0.6) is 0 Å². The molecule has 0 spiro atoms. The van der Waals surface area contributed by atoms with Gasteiger partial charge in [-0.05, 0) is 17.7 Å². The fourth-order valence-electron chi connectivity index (χ4n) is 2.49. The highest BCUT2D eigenvalue weighted by Crippen LogP contribution is 2.22. The third-order valence-electron chi connectivity index (χ3n) is 3.76. The molecule has 2 rings (SSSR count). The van der Waals surface area contributed by atoms with E-state index in [0.717, 1.165) is 5.56 Å². The average Bonchev–Trinajstić information content (AvgIpc) is 2.59. The van der Waals surface area contributed by atoms with Crippen LogP contribution in [-0.4, -0.2) is 42.8 Å². The van der Waals surface area contributed by atoms with Crippen LogP contribution in [0.4, 0.5) is 5.69 Å². The van der Waals surface area contributed by atoms with E-state index in [1.807, 2.05) is 0 Å². The first-order valence-corrected chi connectivity index (χ1v) is 8.48. The summed E-state index contributed by atoms with van der Waals surface area (Å²) >= 11 is 0. The number of carbonyl (C=O) groups is 4. The first kappa shape index (κ1) is 20.9. The van der Waals surface area contributed by atoms with Gasteiger partial charge in [0, 0.05) is 39.1 Å². The average molecular weight is 390 g/mol. The van der Waals surface area contributed by atoms with Crippen molar-refractivity contribution in [2.75, 3.05) is 12.4 Å². The fourth-order valence-corrected chi connectivity index (χ4v) is 2.49. The summed E-state index contributed by atoms with van der Waals surface area (Å²) in [5.41, 5.74) is 1.12. The number of esters is 3. The van der Waals surface area contributed by atoms with Crippen LogP contribution in [-0.2, 0) is 39.8 Å². The molecule has 0 bridgehead atoms. The van der Waals surface area contributed by atoms with E-state index in [-0.39, 0.29) is 17.9 Å². The number of cyclic esters (lactones) is 2. The number of carbonyl (C=O) groups excluding carboxylic acids is 4. The van der Waals surface area contributed by atoms with Crippen LogP contribution in [0.25, 0.3) is 0 Å². The quantitative estimate of drug-likeness (QED) is 0.420. The van der Waals surface area contributed by atoms with Crippen LogP contribution in [0, 0.1) is 0 Å². The Hall–Kier alpha value is -3.36. The molecule has 1 heterocycles. The van der Waals surface area contributed by atoms with Gasteiger partial charge < -0.3 is 24.8 Å². The van der Waals surface area contributed by atoms with Crippen molar-refractivity contribution in [3.63, 3.8) is 0 Å². The van der Waals surface area contributed by atoms with Crippen LogP contribution in [0.3, 0.4) is 0 Å². The molecule has 1 aromatic rings. The van der Waals surface area contributed by atoms with Gasteiger partial charge in [0.2, 0.25) is 5.91 Å². The maximum absolute atomic E-state index is 11.9. The topological polar surface area (TPSA) is 120 Å². The number of hydrogen-bond donors (Lipinski definition) is 2. The van der Waals surface area contributed by atoms with Gasteiger partial charge >= 0.3 is 17.9 Å². The summed E-state index contributed by atoms with van der Waals surface area (Å²) in [5, 5.41) is 5.36. The molecular weight excluding hydrogens is 368 g/mol. The van der Waals surface area contributed by atoms with Crippen molar-refractivity contribution >= 4 is 29.5 Å². The maximum Gasteiger partial charge on any atom is 0.350 e. The van der Waals surface area contributed by atoms with E-state index in [0.29, 0.717) is 5.69 Å². The highest BCUT2D eigenvalue weighted by atomic mass is 16.7. The highest BCUT2D eigenvalue weighted by Gasteiger charge is 2.38. The molecule has 1 aliphatic rings. The van der Waals surface area contributed by atoms with E-state index in [2.05, 4.69) is 15.4 Å². The molecule has 1 unspecified atom stereocenters. The lowest BCUT2D eigenvalue weighted by Gasteiger charge is -2.29. The van der Waals surface area contributed by atoms with Gasteiger partial charge in [-0.25, -0.2) is 14.4 Å². The van der Waals surface area contributed by atoms with E-state index in [1.54, 1.807) is 24.3 Å². The smallest absolute Gasteiger partial charge is 0.350 e. The Morgan fingerprint density at radius 3 is 2.21 bits per heavy atom. The molecule has 1 saturated heterocycles. The first-order chi connectivity index (χ1) is 13.1. The van der Waals surface area contributed by atoms with Crippen LogP contribution in [0.15, 0.2) is 36.0 Å². The zero-order chi connectivity index (χ0) is 20.9. The zero-order valence-corrected chi connectivity index (χ0v) is 16.0. The van der Waals surface area contributed by atoms with Gasteiger partial charge in [0.15, 0.2) is 5.57 Å². The van der Waals surface area contributed by atoms with Crippen molar-refractivity contribution in [3.05, 3.63) is 41.6 Å². The number of anilines is 1. The van der Waals surface area contributed by atoms with Gasteiger partial charge in [-0.3, -0.25) is 4.79 Å². The molecule has 28 heavy (non-hydrogen) atoms. The van der Waals surface area contributed by atoms with Crippen LogP contribution in [0.2, 0.25) is 0 Å². The summed E-state index contributed by atoms with van der Waals surface area (Å²) in [4.78, 5) is 46.8. The van der Waals surface area contributed by atoms with E-state index in [9.17, 15) is 19.2 Å². The predicted molar refractivity (Wildman–Crippen MR) is 97.7 cm³/mol. The van der Waals surface area contributed by atoms with Gasteiger partial charge in [-0.2, -0.15) is 0 Å². The van der Waals surface area contributed by atoms with Crippen molar-refractivity contribution in [1.82, 2.24) is 5.32 Å². The number of amides is 1. The third kappa shape index (κ3) is 5.57. The molecule has 1 aliphatic heterocycles. The Morgan fingerprint density at radius 1 is 1.14 bits per heavy atom. The number of benzene rings is 1. The van der Waals surface area contributed by atoms with Crippen molar-refractivity contribution < 1.29 is 33.4 Å². The molecule has 2 N–H and O–H groups in total. The lowest BCUT2D eigenvalue weighted by Crippen LogP contribution is -2.42. The molecule has 150 valence electrons. The Morgan fingerprint density at radius 2 is 1.71 bits per heavy atom. The van der Waals surface area contributed by atoms with E-state index >= 15 is 0 Å². The van der Waals surface area contributed by atoms with E-state index in [1.165, 1.54) is 34.1 Å². The molecule has 1 aromatic carbocycles. The van der Waals surface area contributed by atoms with Gasteiger partial charge in [-0.15, -0.1) is 0 Å². The molecule has 9 heteroatoms. The summed E-state index contributed by atoms with van der Waals surface area (Å²) < 4.78 is 14.7. The summed E-state index contributed by atoms with van der Waals surface area (Å²) in [6, 6.07) is 6.06. The standard InChI is InChI=1S/C19H22N2O7/c1-11(22)21-15(18(25)26-4)9-12-5-7-13(8-6-12)20-10-14-16(23)27-19(2,3)28-17(14)24/h5-8,10,15,20H,9H2,1-4H3,(H,21,22). The minimum atomic E-state index is -1.29. The normalized spacial score (nSPS) is 16.4. The maximum atomic E-state index is 11.9. The second kappa shape index (κ2) is 8.55. The lowest BCUT2D eigenvalue weighted by atomic mass is 10.1. The molecular formula is C19H22N2O7. The second-order valence-electron chi connectivity index (χ2n) is 6.56. The number of ether oxygens (including phenoxy) is 3. The fraction of sp³-hybridized carbons (Fsp3) is 0.368. The van der Waals surface area contributed by atoms with Crippen molar-refractivity contribution in [1.29, 1.82) is 0 Å². The third-order valence-corrected chi connectivity index (χ3v) is 3.76. The van der Waals surface area contributed by atoms with Crippen LogP contribution < -0.4 is 10.6 Å². The SMILES string of the molecule is COC(=O)C(Cc1ccc(NC=C2C(=O)OC(C)(C)OC2=O)cc1)NC(C)=O.